The molecule has 0 aromatic heterocycles. The van der Waals surface area contributed by atoms with E-state index in [2.05, 4.69) is 12.2 Å². The second-order valence-electron chi connectivity index (χ2n) is 6.55. The molecular formula is C18H40N2O2. The van der Waals surface area contributed by atoms with E-state index in [1.165, 1.54) is 57.8 Å². The van der Waals surface area contributed by atoms with Gasteiger partial charge in [-0.25, -0.2) is 0 Å². The van der Waals surface area contributed by atoms with Gasteiger partial charge in [-0.15, -0.1) is 0 Å². The Kier molecular flexibility index (Phi) is 17.1. The third kappa shape index (κ3) is 17.9. The summed E-state index contributed by atoms with van der Waals surface area (Å²) in [6.07, 6.45) is 12.9. The Bertz CT molecular complexity index is 213. The van der Waals surface area contributed by atoms with Crippen LogP contribution in [0.4, 0.5) is 0 Å². The maximum absolute atomic E-state index is 9.70. The molecule has 0 fully saturated rings. The van der Waals surface area contributed by atoms with Crippen molar-refractivity contribution in [3.05, 3.63) is 0 Å². The van der Waals surface area contributed by atoms with E-state index in [1.807, 2.05) is 6.92 Å². The van der Waals surface area contributed by atoms with Crippen LogP contribution in [-0.2, 0) is 4.74 Å². The molecular weight excluding hydrogens is 276 g/mol. The van der Waals surface area contributed by atoms with E-state index >= 15 is 0 Å². The van der Waals surface area contributed by atoms with Crippen LogP contribution in [-0.4, -0.2) is 43.6 Å². The number of aliphatic hydroxyl groups is 1. The quantitative estimate of drug-likeness (QED) is 0.360. The number of aliphatic hydroxyl groups excluding tert-OH is 1. The van der Waals surface area contributed by atoms with Crippen molar-refractivity contribution in [2.24, 2.45) is 5.73 Å². The lowest BCUT2D eigenvalue weighted by atomic mass is 10.1. The van der Waals surface area contributed by atoms with Crippen LogP contribution in [0, 0.1) is 0 Å². The van der Waals surface area contributed by atoms with Gasteiger partial charge in [0.1, 0.15) is 0 Å². The van der Waals surface area contributed by atoms with Crippen LogP contribution >= 0.6 is 0 Å². The molecule has 0 aliphatic heterocycles. The SMILES string of the molecule is CCCCCCCCCCCCOCC(O)CNCC(C)N. The van der Waals surface area contributed by atoms with Gasteiger partial charge < -0.3 is 20.9 Å². The van der Waals surface area contributed by atoms with Crippen LogP contribution in [0.2, 0.25) is 0 Å². The van der Waals surface area contributed by atoms with Gasteiger partial charge in [0.15, 0.2) is 0 Å². The van der Waals surface area contributed by atoms with Crippen LogP contribution < -0.4 is 11.1 Å². The third-order valence-electron chi connectivity index (χ3n) is 3.80. The number of hydrogen-bond donors (Lipinski definition) is 3. The minimum atomic E-state index is -0.429. The maximum atomic E-state index is 9.70. The van der Waals surface area contributed by atoms with Gasteiger partial charge in [0, 0.05) is 25.7 Å². The minimum Gasteiger partial charge on any atom is -0.389 e. The largest absolute Gasteiger partial charge is 0.389 e. The highest BCUT2D eigenvalue weighted by molar-refractivity contribution is 4.62. The van der Waals surface area contributed by atoms with Gasteiger partial charge in [-0.1, -0.05) is 64.7 Å². The monoisotopic (exact) mass is 316 g/mol. The molecule has 2 atom stereocenters. The molecule has 4 nitrogen and oxygen atoms in total. The van der Waals surface area contributed by atoms with Gasteiger partial charge in [0.25, 0.3) is 0 Å². The maximum Gasteiger partial charge on any atom is 0.0897 e. The molecule has 0 saturated carbocycles. The van der Waals surface area contributed by atoms with Crippen molar-refractivity contribution in [2.75, 3.05) is 26.3 Å². The van der Waals surface area contributed by atoms with Crippen molar-refractivity contribution in [2.45, 2.75) is 90.2 Å². The van der Waals surface area contributed by atoms with Crippen molar-refractivity contribution < 1.29 is 9.84 Å². The molecule has 0 aromatic carbocycles. The average Bonchev–Trinajstić information content (AvgIpc) is 2.48. The molecule has 0 amide bonds. The van der Waals surface area contributed by atoms with E-state index in [0.29, 0.717) is 13.2 Å². The highest BCUT2D eigenvalue weighted by atomic mass is 16.5. The summed E-state index contributed by atoms with van der Waals surface area (Å²) in [7, 11) is 0. The number of hydrogen-bond acceptors (Lipinski definition) is 4. The Morgan fingerprint density at radius 1 is 0.909 bits per heavy atom. The van der Waals surface area contributed by atoms with Crippen LogP contribution in [0.1, 0.15) is 78.1 Å². The first kappa shape index (κ1) is 21.8. The molecule has 22 heavy (non-hydrogen) atoms. The second kappa shape index (κ2) is 17.2. The van der Waals surface area contributed by atoms with Gasteiger partial charge in [-0.2, -0.15) is 0 Å². The molecule has 0 aliphatic rings. The van der Waals surface area contributed by atoms with E-state index < -0.39 is 6.10 Å². The lowest BCUT2D eigenvalue weighted by Crippen LogP contribution is -2.37. The Morgan fingerprint density at radius 2 is 1.45 bits per heavy atom. The Labute approximate surface area is 138 Å². The standard InChI is InChI=1S/C18H40N2O2/c1-3-4-5-6-7-8-9-10-11-12-13-22-16-18(21)15-20-14-17(2)19/h17-18,20-21H,3-16,19H2,1-2H3. The Hall–Kier alpha value is -0.160. The number of nitrogens with one attached hydrogen (secondary N) is 1. The summed E-state index contributed by atoms with van der Waals surface area (Å²) in [4.78, 5) is 0. The molecule has 4 N–H and O–H groups in total. The molecule has 0 aliphatic carbocycles. The molecule has 0 bridgehead atoms. The predicted molar refractivity (Wildman–Crippen MR) is 95.2 cm³/mol. The molecule has 0 spiro atoms. The van der Waals surface area contributed by atoms with Crippen molar-refractivity contribution >= 4 is 0 Å². The lowest BCUT2D eigenvalue weighted by Gasteiger charge is -2.13. The summed E-state index contributed by atoms with van der Waals surface area (Å²) in [5.74, 6) is 0. The summed E-state index contributed by atoms with van der Waals surface area (Å²) in [5.41, 5.74) is 5.62. The first-order valence-electron chi connectivity index (χ1n) is 9.39. The fourth-order valence-corrected chi connectivity index (χ4v) is 2.45. The zero-order chi connectivity index (χ0) is 16.5. The number of unbranched alkanes of at least 4 members (excludes halogenated alkanes) is 9. The van der Waals surface area contributed by atoms with Crippen molar-refractivity contribution in [1.82, 2.24) is 5.32 Å². The highest BCUT2D eigenvalue weighted by Crippen LogP contribution is 2.10. The van der Waals surface area contributed by atoms with Gasteiger partial charge in [-0.05, 0) is 13.3 Å². The predicted octanol–water partition coefficient (Wildman–Crippen LogP) is 3.22. The number of ether oxygens (including phenoxy) is 1. The zero-order valence-electron chi connectivity index (χ0n) is 15.0. The van der Waals surface area contributed by atoms with Crippen molar-refractivity contribution in [3.8, 4) is 0 Å². The molecule has 134 valence electrons. The van der Waals surface area contributed by atoms with E-state index in [9.17, 15) is 5.11 Å². The van der Waals surface area contributed by atoms with Crippen LogP contribution in [0.3, 0.4) is 0 Å². The Balaban J connectivity index is 3.10. The van der Waals surface area contributed by atoms with Crippen LogP contribution in [0.25, 0.3) is 0 Å². The van der Waals surface area contributed by atoms with Crippen molar-refractivity contribution in [1.29, 1.82) is 0 Å². The highest BCUT2D eigenvalue weighted by Gasteiger charge is 2.04. The lowest BCUT2D eigenvalue weighted by molar-refractivity contribution is 0.0354. The minimum absolute atomic E-state index is 0.125. The molecule has 0 saturated heterocycles. The fraction of sp³-hybridized carbons (Fsp3) is 1.00. The molecule has 0 aromatic rings. The van der Waals surface area contributed by atoms with Gasteiger partial charge in [-0.3, -0.25) is 0 Å². The zero-order valence-corrected chi connectivity index (χ0v) is 15.0. The van der Waals surface area contributed by atoms with E-state index in [4.69, 9.17) is 10.5 Å². The number of rotatable bonds is 17. The fourth-order valence-electron chi connectivity index (χ4n) is 2.45. The summed E-state index contributed by atoms with van der Waals surface area (Å²) in [6.45, 7) is 6.68. The van der Waals surface area contributed by atoms with E-state index in [0.717, 1.165) is 19.6 Å². The van der Waals surface area contributed by atoms with Crippen molar-refractivity contribution in [3.63, 3.8) is 0 Å². The average molecular weight is 317 g/mol. The molecule has 0 heterocycles. The van der Waals surface area contributed by atoms with Crippen LogP contribution in [0.15, 0.2) is 0 Å². The van der Waals surface area contributed by atoms with Gasteiger partial charge in [0.05, 0.1) is 12.7 Å². The van der Waals surface area contributed by atoms with Crippen LogP contribution in [0.5, 0.6) is 0 Å². The van der Waals surface area contributed by atoms with E-state index in [1.54, 1.807) is 0 Å². The summed E-state index contributed by atoms with van der Waals surface area (Å²) >= 11 is 0. The Morgan fingerprint density at radius 3 is 2.00 bits per heavy atom. The molecule has 0 rings (SSSR count). The normalized spacial score (nSPS) is 14.2. The van der Waals surface area contributed by atoms with E-state index in [-0.39, 0.29) is 6.04 Å². The molecule has 4 heteroatoms. The van der Waals surface area contributed by atoms with Gasteiger partial charge >= 0.3 is 0 Å². The summed E-state index contributed by atoms with van der Waals surface area (Å²) < 4.78 is 5.50. The summed E-state index contributed by atoms with van der Waals surface area (Å²) in [6, 6.07) is 0.125. The topological polar surface area (TPSA) is 67.5 Å². The first-order chi connectivity index (χ1) is 10.7. The summed E-state index contributed by atoms with van der Waals surface area (Å²) in [5, 5.41) is 12.8. The van der Waals surface area contributed by atoms with Gasteiger partial charge in [0.2, 0.25) is 0 Å². The number of nitrogens with two attached hydrogens (primary N) is 1. The third-order valence-corrected chi connectivity index (χ3v) is 3.80. The molecule has 2 unspecified atom stereocenters. The first-order valence-corrected chi connectivity index (χ1v) is 9.39. The second-order valence-corrected chi connectivity index (χ2v) is 6.55. The smallest absolute Gasteiger partial charge is 0.0897 e. The molecule has 0 radical (unpaired) electrons.